The Bertz CT molecular complexity index is 235. The van der Waals surface area contributed by atoms with Crippen molar-refractivity contribution in [1.29, 1.82) is 0 Å². The molecule has 1 saturated heterocycles. The van der Waals surface area contributed by atoms with Gasteiger partial charge in [0.1, 0.15) is 13.2 Å². The molecule has 6 nitrogen and oxygen atoms in total. The van der Waals surface area contributed by atoms with E-state index in [1.165, 1.54) is 0 Å². The highest BCUT2D eigenvalue weighted by Crippen LogP contribution is 2.23. The Morgan fingerprint density at radius 2 is 1.29 bits per heavy atom. The van der Waals surface area contributed by atoms with E-state index in [2.05, 4.69) is 0 Å². The third-order valence-electron chi connectivity index (χ3n) is 2.11. The van der Waals surface area contributed by atoms with E-state index in [4.69, 9.17) is 9.47 Å². The first kappa shape index (κ1) is 11.3. The second-order valence-electron chi connectivity index (χ2n) is 3.26. The van der Waals surface area contributed by atoms with Crippen molar-refractivity contribution < 1.29 is 29.3 Å². The summed E-state index contributed by atoms with van der Waals surface area (Å²) in [5.74, 6) is -5.38. The molecule has 1 heterocycles. The van der Waals surface area contributed by atoms with Crippen molar-refractivity contribution in [1.82, 2.24) is 0 Å². The second kappa shape index (κ2) is 3.39. The van der Waals surface area contributed by atoms with Gasteiger partial charge in [-0.3, -0.25) is 9.59 Å². The third kappa shape index (κ3) is 1.83. The molecule has 14 heavy (non-hydrogen) atoms. The zero-order valence-electron chi connectivity index (χ0n) is 7.94. The van der Waals surface area contributed by atoms with E-state index in [0.29, 0.717) is 0 Å². The van der Waals surface area contributed by atoms with Gasteiger partial charge < -0.3 is 19.7 Å². The van der Waals surface area contributed by atoms with E-state index in [-0.39, 0.29) is 0 Å². The molecule has 0 aliphatic carbocycles. The van der Waals surface area contributed by atoms with Crippen LogP contribution in [0.15, 0.2) is 0 Å². The van der Waals surface area contributed by atoms with Crippen LogP contribution in [0.3, 0.4) is 0 Å². The highest BCUT2D eigenvalue weighted by Gasteiger charge is 2.48. The van der Waals surface area contributed by atoms with Gasteiger partial charge in [0.15, 0.2) is 11.6 Å². The lowest BCUT2D eigenvalue weighted by molar-refractivity contribution is -0.335. The first-order chi connectivity index (χ1) is 6.30. The number of hydrogen-bond acceptors (Lipinski definition) is 6. The summed E-state index contributed by atoms with van der Waals surface area (Å²) in [7, 11) is 0. The van der Waals surface area contributed by atoms with Crippen molar-refractivity contribution in [2.75, 3.05) is 13.2 Å². The fourth-order valence-electron chi connectivity index (χ4n) is 0.924. The molecule has 1 aliphatic heterocycles. The highest BCUT2D eigenvalue weighted by molar-refractivity contribution is 5.85. The summed E-state index contributed by atoms with van der Waals surface area (Å²) in [5.41, 5.74) is 0. The molecule has 0 radical (unpaired) electrons. The summed E-state index contributed by atoms with van der Waals surface area (Å²) in [6.45, 7) is 1.14. The first-order valence-corrected chi connectivity index (χ1v) is 4.05. The van der Waals surface area contributed by atoms with Crippen LogP contribution in [0, 0.1) is 0 Å². The van der Waals surface area contributed by atoms with Gasteiger partial charge in [-0.15, -0.1) is 0 Å². The Kier molecular flexibility index (Phi) is 2.73. The Balaban J connectivity index is 2.71. The monoisotopic (exact) mass is 204 g/mol. The quantitative estimate of drug-likeness (QED) is 0.574. The van der Waals surface area contributed by atoms with Crippen molar-refractivity contribution in [3.05, 3.63) is 0 Å². The predicted octanol–water partition coefficient (Wildman–Crippen LogP) is -1.41. The Labute approximate surface area is 80.4 Å². The van der Waals surface area contributed by atoms with Crippen LogP contribution in [-0.2, 0) is 19.1 Å². The summed E-state index contributed by atoms with van der Waals surface area (Å²) < 4.78 is 9.43. The largest absolute Gasteiger partial charge is 0.358 e. The van der Waals surface area contributed by atoms with Gasteiger partial charge in [-0.05, 0) is 0 Å². The average Bonchev–Trinajstić information content (AvgIpc) is 2.10. The van der Waals surface area contributed by atoms with Crippen molar-refractivity contribution >= 4 is 11.6 Å². The number of aliphatic hydroxyl groups is 2. The van der Waals surface area contributed by atoms with Crippen molar-refractivity contribution in [3.63, 3.8) is 0 Å². The van der Waals surface area contributed by atoms with Gasteiger partial charge in [-0.1, -0.05) is 0 Å². The van der Waals surface area contributed by atoms with Crippen LogP contribution in [0.2, 0.25) is 0 Å². The zero-order valence-corrected chi connectivity index (χ0v) is 7.94. The molecule has 0 saturated carbocycles. The Hall–Kier alpha value is -0.820. The number of ether oxygens (including phenoxy) is 2. The standard InChI is InChI=1S/C8H12O6/c1-5(9)7(11)3-14-8(12,4-13-7)6(2)10/h11-12H,3-4H2,1-2H3. The van der Waals surface area contributed by atoms with Crippen molar-refractivity contribution in [3.8, 4) is 0 Å². The number of carbonyl (C=O) groups excluding carboxylic acids is 2. The van der Waals surface area contributed by atoms with E-state index in [1.54, 1.807) is 0 Å². The molecule has 2 unspecified atom stereocenters. The van der Waals surface area contributed by atoms with Gasteiger partial charge in [0.25, 0.3) is 11.6 Å². The lowest BCUT2D eigenvalue weighted by atomic mass is 10.1. The molecule has 1 aliphatic rings. The number of carbonyl (C=O) groups is 2. The van der Waals surface area contributed by atoms with Crippen LogP contribution in [-0.4, -0.2) is 46.6 Å². The fraction of sp³-hybridized carbons (Fsp3) is 0.750. The van der Waals surface area contributed by atoms with Gasteiger partial charge in [0.05, 0.1) is 0 Å². The lowest BCUT2D eigenvalue weighted by Gasteiger charge is -2.37. The molecule has 1 rings (SSSR count). The zero-order chi connectivity index (χ0) is 11.0. The molecule has 0 aromatic carbocycles. The molecule has 2 N–H and O–H groups in total. The van der Waals surface area contributed by atoms with E-state index >= 15 is 0 Å². The number of Topliss-reactive ketones (excluding diaryl/α,β-unsaturated/α-hetero) is 2. The number of hydrogen-bond donors (Lipinski definition) is 2. The van der Waals surface area contributed by atoms with Crippen LogP contribution in [0.4, 0.5) is 0 Å². The third-order valence-corrected chi connectivity index (χ3v) is 2.11. The lowest BCUT2D eigenvalue weighted by Crippen LogP contribution is -2.59. The van der Waals surface area contributed by atoms with Gasteiger partial charge in [0.2, 0.25) is 0 Å². The average molecular weight is 204 g/mol. The molecule has 0 aromatic rings. The molecule has 80 valence electrons. The minimum Gasteiger partial charge on any atom is -0.358 e. The number of rotatable bonds is 2. The van der Waals surface area contributed by atoms with Gasteiger partial charge >= 0.3 is 0 Å². The highest BCUT2D eigenvalue weighted by atomic mass is 16.7. The summed E-state index contributed by atoms with van der Waals surface area (Å²) in [6, 6.07) is 0. The molecule has 0 aromatic heterocycles. The van der Waals surface area contributed by atoms with Crippen molar-refractivity contribution in [2.24, 2.45) is 0 Å². The molecule has 0 bridgehead atoms. The van der Waals surface area contributed by atoms with Gasteiger partial charge in [0, 0.05) is 13.8 Å². The number of ketones is 2. The Morgan fingerprint density at radius 3 is 1.43 bits per heavy atom. The molecular weight excluding hydrogens is 192 g/mol. The summed E-state index contributed by atoms with van der Waals surface area (Å²) >= 11 is 0. The van der Waals surface area contributed by atoms with Crippen LogP contribution < -0.4 is 0 Å². The first-order valence-electron chi connectivity index (χ1n) is 4.05. The maximum atomic E-state index is 10.9. The SMILES string of the molecule is CC(=O)C1(O)COC(O)(C(C)=O)CO1. The maximum Gasteiger partial charge on any atom is 0.250 e. The minimum absolute atomic E-state index is 0.557. The normalized spacial score (nSPS) is 38.0. The van der Waals surface area contributed by atoms with E-state index in [0.717, 1.165) is 13.8 Å². The molecule has 0 spiro atoms. The smallest absolute Gasteiger partial charge is 0.250 e. The van der Waals surface area contributed by atoms with E-state index in [1.807, 2.05) is 0 Å². The minimum atomic E-state index is -2.05. The molecule has 2 atom stereocenters. The Morgan fingerprint density at radius 1 is 1.00 bits per heavy atom. The fourth-order valence-corrected chi connectivity index (χ4v) is 0.924. The maximum absolute atomic E-state index is 10.9. The molecule has 6 heteroatoms. The van der Waals surface area contributed by atoms with Crippen molar-refractivity contribution in [2.45, 2.75) is 25.4 Å². The topological polar surface area (TPSA) is 93.1 Å². The molecular formula is C8H12O6. The van der Waals surface area contributed by atoms with Crippen LogP contribution >= 0.6 is 0 Å². The molecule has 0 amide bonds. The van der Waals surface area contributed by atoms with Crippen LogP contribution in [0.5, 0.6) is 0 Å². The summed E-state index contributed by atoms with van der Waals surface area (Å²) in [6.07, 6.45) is 0. The predicted molar refractivity (Wildman–Crippen MR) is 43.2 cm³/mol. The summed E-state index contributed by atoms with van der Waals surface area (Å²) in [5, 5.41) is 18.9. The van der Waals surface area contributed by atoms with Crippen LogP contribution in [0.25, 0.3) is 0 Å². The summed E-state index contributed by atoms with van der Waals surface area (Å²) in [4.78, 5) is 21.8. The molecule has 1 fully saturated rings. The second-order valence-corrected chi connectivity index (χ2v) is 3.26. The van der Waals surface area contributed by atoms with E-state index < -0.39 is 36.4 Å². The van der Waals surface area contributed by atoms with Gasteiger partial charge in [-0.2, -0.15) is 0 Å². The van der Waals surface area contributed by atoms with Gasteiger partial charge in [-0.25, -0.2) is 0 Å². The van der Waals surface area contributed by atoms with E-state index in [9.17, 15) is 19.8 Å². The van der Waals surface area contributed by atoms with Crippen LogP contribution in [0.1, 0.15) is 13.8 Å².